The molecule has 0 bridgehead atoms. The summed E-state index contributed by atoms with van der Waals surface area (Å²) in [6.45, 7) is 10.7. The molecule has 0 radical (unpaired) electrons. The molecule has 1 aliphatic rings. The molecular formula is C18H29N2O+. The minimum absolute atomic E-state index is 0.136. The first-order valence-electron chi connectivity index (χ1n) is 8.26. The molecular weight excluding hydrogens is 260 g/mol. The highest BCUT2D eigenvalue weighted by Crippen LogP contribution is 2.22. The predicted molar refractivity (Wildman–Crippen MR) is 87.9 cm³/mol. The summed E-state index contributed by atoms with van der Waals surface area (Å²) in [5, 5.41) is 3.19. The number of anilines is 1. The van der Waals surface area contributed by atoms with Crippen molar-refractivity contribution in [1.82, 2.24) is 0 Å². The molecule has 3 nitrogen and oxygen atoms in total. The number of rotatable bonds is 5. The second-order valence-electron chi connectivity index (χ2n) is 6.47. The van der Waals surface area contributed by atoms with Crippen molar-refractivity contribution >= 4 is 11.6 Å². The van der Waals surface area contributed by atoms with Gasteiger partial charge in [-0.1, -0.05) is 31.0 Å². The fraction of sp³-hybridized carbons (Fsp3) is 0.611. The summed E-state index contributed by atoms with van der Waals surface area (Å²) in [7, 11) is 0. The van der Waals surface area contributed by atoms with E-state index < -0.39 is 0 Å². The normalized spacial score (nSPS) is 21.5. The summed E-state index contributed by atoms with van der Waals surface area (Å²) >= 11 is 0. The van der Waals surface area contributed by atoms with Crippen molar-refractivity contribution in [2.75, 3.05) is 18.4 Å². The predicted octanol–water partition coefficient (Wildman–Crippen LogP) is 2.40. The highest BCUT2D eigenvalue weighted by atomic mass is 16.2. The minimum Gasteiger partial charge on any atom is -0.325 e. The smallest absolute Gasteiger partial charge is 0.282 e. The molecule has 1 unspecified atom stereocenters. The molecule has 1 heterocycles. The number of nitrogens with one attached hydrogen (secondary N) is 2. The van der Waals surface area contributed by atoms with Gasteiger partial charge in [0.25, 0.3) is 5.91 Å². The van der Waals surface area contributed by atoms with Crippen molar-refractivity contribution in [2.24, 2.45) is 0 Å². The maximum atomic E-state index is 12.6. The molecule has 2 N–H and O–H groups in total. The molecule has 21 heavy (non-hydrogen) atoms. The number of hydrogen-bond donors (Lipinski definition) is 2. The van der Waals surface area contributed by atoms with Crippen molar-refractivity contribution in [2.45, 2.75) is 59.4 Å². The number of aryl methyl sites for hydroxylation is 3. The zero-order valence-corrected chi connectivity index (χ0v) is 13.9. The summed E-state index contributed by atoms with van der Waals surface area (Å²) in [5.74, 6) is 0.202. The second kappa shape index (κ2) is 7.08. The van der Waals surface area contributed by atoms with Gasteiger partial charge in [-0.2, -0.15) is 0 Å². The molecule has 0 saturated carbocycles. The fourth-order valence-electron chi connectivity index (χ4n) is 3.52. The third-order valence-electron chi connectivity index (χ3n) is 4.58. The highest BCUT2D eigenvalue weighted by Gasteiger charge is 2.34. The Hall–Kier alpha value is -1.35. The van der Waals surface area contributed by atoms with Gasteiger partial charge >= 0.3 is 0 Å². The maximum absolute atomic E-state index is 12.6. The average Bonchev–Trinajstić information content (AvgIpc) is 2.88. The Morgan fingerprint density at radius 3 is 2.57 bits per heavy atom. The zero-order valence-electron chi connectivity index (χ0n) is 13.9. The second-order valence-corrected chi connectivity index (χ2v) is 6.47. The number of hydrogen-bond acceptors (Lipinski definition) is 1. The van der Waals surface area contributed by atoms with Crippen molar-refractivity contribution < 1.29 is 9.69 Å². The van der Waals surface area contributed by atoms with Gasteiger partial charge in [-0.25, -0.2) is 0 Å². The Morgan fingerprint density at radius 1 is 1.29 bits per heavy atom. The van der Waals surface area contributed by atoms with Crippen LogP contribution in [0.1, 0.15) is 49.3 Å². The van der Waals surface area contributed by atoms with E-state index in [0.29, 0.717) is 0 Å². The topological polar surface area (TPSA) is 33.5 Å². The first-order chi connectivity index (χ1) is 10.0. The van der Waals surface area contributed by atoms with Gasteiger partial charge in [0.1, 0.15) is 0 Å². The lowest BCUT2D eigenvalue weighted by Crippen LogP contribution is -3.14. The standard InChI is InChI=1S/C18H28N2O/c1-5-6-9-20-10-7-8-16(20)18(21)19-17-14(3)11-13(2)12-15(17)4/h11-12,16H,5-10H2,1-4H3,(H,19,21)/p+1/t16-/m1/s1. The van der Waals surface area contributed by atoms with Gasteiger partial charge in [-0.05, 0) is 38.3 Å². The minimum atomic E-state index is 0.136. The van der Waals surface area contributed by atoms with E-state index >= 15 is 0 Å². The Balaban J connectivity index is 2.07. The molecule has 1 amide bonds. The van der Waals surface area contributed by atoms with E-state index in [1.807, 2.05) is 0 Å². The number of unbranched alkanes of at least 4 members (excludes halogenated alkanes) is 1. The molecule has 2 rings (SSSR count). The summed E-state index contributed by atoms with van der Waals surface area (Å²) in [5.41, 5.74) is 4.58. The van der Waals surface area contributed by atoms with Crippen molar-refractivity contribution in [3.63, 3.8) is 0 Å². The summed E-state index contributed by atoms with van der Waals surface area (Å²) < 4.78 is 0. The van der Waals surface area contributed by atoms with Crippen LogP contribution in [0, 0.1) is 20.8 Å². The number of amides is 1. The van der Waals surface area contributed by atoms with Gasteiger partial charge in [0.15, 0.2) is 6.04 Å². The lowest BCUT2D eigenvalue weighted by atomic mass is 10.0. The molecule has 1 aromatic carbocycles. The summed E-state index contributed by atoms with van der Waals surface area (Å²) in [6.07, 6.45) is 4.60. The number of likely N-dealkylation sites (tertiary alicyclic amines) is 1. The van der Waals surface area contributed by atoms with Crippen molar-refractivity contribution in [3.05, 3.63) is 28.8 Å². The molecule has 1 saturated heterocycles. The molecule has 1 aliphatic heterocycles. The van der Waals surface area contributed by atoms with Gasteiger partial charge in [-0.15, -0.1) is 0 Å². The molecule has 0 aliphatic carbocycles. The van der Waals surface area contributed by atoms with E-state index in [0.717, 1.165) is 36.3 Å². The molecule has 2 atom stereocenters. The van der Waals surface area contributed by atoms with Gasteiger partial charge in [0.05, 0.1) is 13.1 Å². The van der Waals surface area contributed by atoms with E-state index in [1.54, 1.807) is 0 Å². The van der Waals surface area contributed by atoms with Crippen molar-refractivity contribution in [3.8, 4) is 0 Å². The number of quaternary nitrogens is 1. The summed E-state index contributed by atoms with van der Waals surface area (Å²) in [6, 6.07) is 4.41. The lowest BCUT2D eigenvalue weighted by Gasteiger charge is -2.22. The Bertz CT molecular complexity index is 487. The average molecular weight is 289 g/mol. The van der Waals surface area contributed by atoms with Gasteiger partial charge in [0, 0.05) is 18.5 Å². The first-order valence-corrected chi connectivity index (χ1v) is 8.26. The van der Waals surface area contributed by atoms with Crippen LogP contribution in [-0.4, -0.2) is 25.0 Å². The van der Waals surface area contributed by atoms with Gasteiger partial charge < -0.3 is 10.2 Å². The SMILES string of the molecule is CCCC[NH+]1CCC[C@@H]1C(=O)Nc1c(C)cc(C)cc1C. The van der Waals surface area contributed by atoms with Crippen molar-refractivity contribution in [1.29, 1.82) is 0 Å². The third kappa shape index (κ3) is 3.85. The van der Waals surface area contributed by atoms with Crippen LogP contribution < -0.4 is 10.2 Å². The molecule has 116 valence electrons. The number of carbonyl (C=O) groups excluding carboxylic acids is 1. The molecule has 0 spiro atoms. The quantitative estimate of drug-likeness (QED) is 0.857. The Morgan fingerprint density at radius 2 is 1.95 bits per heavy atom. The van der Waals surface area contributed by atoms with Crippen LogP contribution in [0.3, 0.4) is 0 Å². The van der Waals surface area contributed by atoms with Crippen LogP contribution in [0.5, 0.6) is 0 Å². The van der Waals surface area contributed by atoms with Gasteiger partial charge in [-0.3, -0.25) is 4.79 Å². The number of benzene rings is 1. The Labute approximate surface area is 128 Å². The zero-order chi connectivity index (χ0) is 15.4. The van der Waals surface area contributed by atoms with Crippen LogP contribution in [0.2, 0.25) is 0 Å². The van der Waals surface area contributed by atoms with Crippen LogP contribution in [0.4, 0.5) is 5.69 Å². The molecule has 1 fully saturated rings. The monoisotopic (exact) mass is 289 g/mol. The van der Waals surface area contributed by atoms with Crippen LogP contribution >= 0.6 is 0 Å². The van der Waals surface area contributed by atoms with E-state index in [1.165, 1.54) is 29.7 Å². The largest absolute Gasteiger partial charge is 0.325 e. The molecule has 3 heteroatoms. The van der Waals surface area contributed by atoms with E-state index in [2.05, 4.69) is 45.1 Å². The van der Waals surface area contributed by atoms with Crippen LogP contribution in [-0.2, 0) is 4.79 Å². The Kier molecular flexibility index (Phi) is 5.40. The fourth-order valence-corrected chi connectivity index (χ4v) is 3.52. The van der Waals surface area contributed by atoms with E-state index in [4.69, 9.17) is 0 Å². The molecule has 0 aromatic heterocycles. The highest BCUT2D eigenvalue weighted by molar-refractivity contribution is 5.95. The van der Waals surface area contributed by atoms with Gasteiger partial charge in [0.2, 0.25) is 0 Å². The first kappa shape index (κ1) is 16.0. The third-order valence-corrected chi connectivity index (χ3v) is 4.58. The van der Waals surface area contributed by atoms with Crippen LogP contribution in [0.25, 0.3) is 0 Å². The van der Waals surface area contributed by atoms with E-state index in [-0.39, 0.29) is 11.9 Å². The number of carbonyl (C=O) groups is 1. The van der Waals surface area contributed by atoms with Crippen LogP contribution in [0.15, 0.2) is 12.1 Å². The molecule has 1 aromatic rings. The summed E-state index contributed by atoms with van der Waals surface area (Å²) in [4.78, 5) is 14.1. The van der Waals surface area contributed by atoms with E-state index in [9.17, 15) is 4.79 Å². The maximum Gasteiger partial charge on any atom is 0.282 e. The lowest BCUT2D eigenvalue weighted by molar-refractivity contribution is -0.903.